The molecule has 2 saturated carbocycles. The maximum absolute atomic E-state index is 12.8. The van der Waals surface area contributed by atoms with E-state index in [0.717, 1.165) is 5.69 Å². The van der Waals surface area contributed by atoms with Crippen molar-refractivity contribution in [3.8, 4) is 0 Å². The Labute approximate surface area is 135 Å². The van der Waals surface area contributed by atoms with Gasteiger partial charge in [-0.2, -0.15) is 0 Å². The van der Waals surface area contributed by atoms with Gasteiger partial charge in [0.1, 0.15) is 0 Å². The summed E-state index contributed by atoms with van der Waals surface area (Å²) in [7, 11) is 0. The normalized spacial score (nSPS) is 39.4. The number of imide groups is 1. The average molecular weight is 308 g/mol. The number of likely N-dealkylation sites (tertiary alicyclic amines) is 1. The van der Waals surface area contributed by atoms with Gasteiger partial charge in [0.15, 0.2) is 0 Å². The van der Waals surface area contributed by atoms with E-state index in [1.165, 1.54) is 16.9 Å². The first kappa shape index (κ1) is 13.3. The molecule has 118 valence electrons. The van der Waals surface area contributed by atoms with Crippen molar-refractivity contribution in [1.82, 2.24) is 4.90 Å². The Morgan fingerprint density at radius 2 is 1.57 bits per heavy atom. The summed E-state index contributed by atoms with van der Waals surface area (Å²) >= 11 is 0. The van der Waals surface area contributed by atoms with Crippen molar-refractivity contribution < 1.29 is 9.59 Å². The van der Waals surface area contributed by atoms with Crippen molar-refractivity contribution in [2.75, 3.05) is 12.0 Å². The third-order valence-corrected chi connectivity index (χ3v) is 6.25. The van der Waals surface area contributed by atoms with Gasteiger partial charge in [-0.25, -0.2) is 0 Å². The standard InChI is InChI=1S/C19H20N2O2/c1-10-2-4-11(5-3-10)20-9-21-18(22)16-12-6-7-13(15-8-14(12)15)17(16)19(21)23/h2-7,12-17,20H,8-9H2,1H3/t12-,13-,14-,15+,16-,17-/m1/s1. The van der Waals surface area contributed by atoms with Crippen molar-refractivity contribution in [3.05, 3.63) is 42.0 Å². The highest BCUT2D eigenvalue weighted by Crippen LogP contribution is 2.65. The molecular formula is C19H20N2O2. The van der Waals surface area contributed by atoms with E-state index in [0.29, 0.717) is 23.7 Å². The lowest BCUT2D eigenvalue weighted by atomic mass is 9.63. The maximum atomic E-state index is 12.8. The van der Waals surface area contributed by atoms with Gasteiger partial charge < -0.3 is 5.32 Å². The van der Waals surface area contributed by atoms with Crippen LogP contribution in [-0.2, 0) is 9.59 Å². The molecule has 4 heteroatoms. The van der Waals surface area contributed by atoms with E-state index in [1.807, 2.05) is 31.2 Å². The summed E-state index contributed by atoms with van der Waals surface area (Å²) in [6, 6.07) is 8.00. The van der Waals surface area contributed by atoms with Crippen LogP contribution in [0.25, 0.3) is 0 Å². The predicted molar refractivity (Wildman–Crippen MR) is 86.2 cm³/mol. The minimum absolute atomic E-state index is 0.0318. The number of nitrogens with one attached hydrogen (secondary N) is 1. The molecule has 1 aliphatic heterocycles. The number of benzene rings is 1. The number of amides is 2. The highest BCUT2D eigenvalue weighted by Gasteiger charge is 2.66. The Kier molecular flexibility index (Phi) is 2.59. The zero-order valence-electron chi connectivity index (χ0n) is 13.1. The van der Waals surface area contributed by atoms with Gasteiger partial charge in [0, 0.05) is 5.69 Å². The number of allylic oxidation sites excluding steroid dienone is 2. The lowest BCUT2D eigenvalue weighted by Crippen LogP contribution is -2.40. The smallest absolute Gasteiger partial charge is 0.235 e. The Bertz CT molecular complexity index is 687. The summed E-state index contributed by atoms with van der Waals surface area (Å²) in [5.41, 5.74) is 2.13. The van der Waals surface area contributed by atoms with Crippen LogP contribution in [0, 0.1) is 42.4 Å². The number of aryl methyl sites for hydroxylation is 1. The Balaban J connectivity index is 1.36. The van der Waals surface area contributed by atoms with Gasteiger partial charge in [-0.05, 0) is 49.1 Å². The summed E-state index contributed by atoms with van der Waals surface area (Å²) in [5, 5.41) is 3.22. The van der Waals surface area contributed by atoms with E-state index in [1.54, 1.807) is 0 Å². The molecule has 2 amide bonds. The van der Waals surface area contributed by atoms with E-state index in [4.69, 9.17) is 0 Å². The van der Waals surface area contributed by atoms with Crippen LogP contribution in [-0.4, -0.2) is 23.4 Å². The molecule has 5 aliphatic rings. The molecule has 6 atom stereocenters. The molecule has 0 unspecified atom stereocenters. The van der Waals surface area contributed by atoms with E-state index in [2.05, 4.69) is 17.5 Å². The lowest BCUT2D eigenvalue weighted by molar-refractivity contribution is -0.139. The molecule has 23 heavy (non-hydrogen) atoms. The Hall–Kier alpha value is -2.10. The van der Waals surface area contributed by atoms with Gasteiger partial charge in [-0.15, -0.1) is 0 Å². The number of hydrogen-bond donors (Lipinski definition) is 1. The van der Waals surface area contributed by atoms with Crippen LogP contribution in [0.2, 0.25) is 0 Å². The van der Waals surface area contributed by atoms with Gasteiger partial charge in [0.05, 0.1) is 18.5 Å². The molecule has 4 aliphatic carbocycles. The summed E-state index contributed by atoms with van der Waals surface area (Å²) in [5.74, 6) is 1.79. The summed E-state index contributed by atoms with van der Waals surface area (Å²) in [6.45, 7) is 2.32. The number of carbonyl (C=O) groups excluding carboxylic acids is 2. The van der Waals surface area contributed by atoms with E-state index in [-0.39, 0.29) is 30.3 Å². The molecule has 0 spiro atoms. The average Bonchev–Trinajstić information content (AvgIpc) is 3.33. The van der Waals surface area contributed by atoms with Crippen LogP contribution in [0.1, 0.15) is 12.0 Å². The van der Waals surface area contributed by atoms with E-state index in [9.17, 15) is 9.59 Å². The molecule has 1 N–H and O–H groups in total. The van der Waals surface area contributed by atoms with Crippen LogP contribution < -0.4 is 5.32 Å². The van der Waals surface area contributed by atoms with Gasteiger partial charge in [0.25, 0.3) is 0 Å². The van der Waals surface area contributed by atoms with Gasteiger partial charge in [-0.3, -0.25) is 14.5 Å². The van der Waals surface area contributed by atoms with E-state index < -0.39 is 0 Å². The monoisotopic (exact) mass is 308 g/mol. The van der Waals surface area contributed by atoms with Crippen molar-refractivity contribution in [2.24, 2.45) is 35.5 Å². The molecule has 1 aromatic carbocycles. The fourth-order valence-electron chi connectivity index (χ4n) is 5.02. The van der Waals surface area contributed by atoms with Crippen molar-refractivity contribution in [2.45, 2.75) is 13.3 Å². The van der Waals surface area contributed by atoms with Crippen LogP contribution in [0.15, 0.2) is 36.4 Å². The summed E-state index contributed by atoms with van der Waals surface area (Å²) in [4.78, 5) is 27.1. The molecule has 1 saturated heterocycles. The third kappa shape index (κ3) is 1.78. The number of nitrogens with zero attached hydrogens (tertiary/aromatic N) is 1. The first-order chi connectivity index (χ1) is 11.1. The minimum Gasteiger partial charge on any atom is -0.367 e. The predicted octanol–water partition coefficient (Wildman–Crippen LogP) is 2.42. The SMILES string of the molecule is Cc1ccc(NCN2C(=O)[C@@H]3[C@@H]4C=C[C@H]([C@@H]5C[C@H]45)[C@H]3C2=O)cc1. The molecule has 0 aromatic heterocycles. The van der Waals surface area contributed by atoms with Gasteiger partial charge in [-0.1, -0.05) is 29.8 Å². The lowest BCUT2D eigenvalue weighted by Gasteiger charge is -2.37. The zero-order chi connectivity index (χ0) is 15.7. The van der Waals surface area contributed by atoms with Crippen LogP contribution in [0.4, 0.5) is 5.69 Å². The number of rotatable bonds is 3. The fourth-order valence-corrected chi connectivity index (χ4v) is 5.02. The quantitative estimate of drug-likeness (QED) is 0.689. The summed E-state index contributed by atoms with van der Waals surface area (Å²) in [6.07, 6.45) is 5.63. The van der Waals surface area contributed by atoms with Gasteiger partial charge >= 0.3 is 0 Å². The molecule has 1 aromatic rings. The zero-order valence-corrected chi connectivity index (χ0v) is 13.1. The van der Waals surface area contributed by atoms with Gasteiger partial charge in [0.2, 0.25) is 11.8 Å². The molecule has 0 radical (unpaired) electrons. The van der Waals surface area contributed by atoms with Crippen molar-refractivity contribution >= 4 is 17.5 Å². The highest BCUT2D eigenvalue weighted by atomic mass is 16.2. The van der Waals surface area contributed by atoms with Crippen LogP contribution in [0.5, 0.6) is 0 Å². The summed E-state index contributed by atoms with van der Waals surface area (Å²) < 4.78 is 0. The van der Waals surface area contributed by atoms with E-state index >= 15 is 0 Å². The topological polar surface area (TPSA) is 49.4 Å². The minimum atomic E-state index is -0.0962. The maximum Gasteiger partial charge on any atom is 0.235 e. The molecule has 1 heterocycles. The fraction of sp³-hybridized carbons (Fsp3) is 0.474. The largest absolute Gasteiger partial charge is 0.367 e. The number of carbonyl (C=O) groups is 2. The second-order valence-corrected chi connectivity index (χ2v) is 7.46. The highest BCUT2D eigenvalue weighted by molar-refractivity contribution is 6.06. The second kappa shape index (κ2) is 4.47. The number of anilines is 1. The Morgan fingerprint density at radius 3 is 2.13 bits per heavy atom. The third-order valence-electron chi connectivity index (χ3n) is 6.25. The first-order valence-electron chi connectivity index (χ1n) is 8.49. The molecule has 2 bridgehead atoms. The first-order valence-corrected chi connectivity index (χ1v) is 8.49. The Morgan fingerprint density at radius 1 is 1.00 bits per heavy atom. The van der Waals surface area contributed by atoms with Crippen molar-refractivity contribution in [1.29, 1.82) is 0 Å². The van der Waals surface area contributed by atoms with Crippen LogP contribution >= 0.6 is 0 Å². The molecule has 4 nitrogen and oxygen atoms in total. The second-order valence-electron chi connectivity index (χ2n) is 7.46. The van der Waals surface area contributed by atoms with Crippen LogP contribution in [0.3, 0.4) is 0 Å². The number of hydrogen-bond acceptors (Lipinski definition) is 3. The molecular weight excluding hydrogens is 288 g/mol. The molecule has 6 rings (SSSR count). The molecule has 3 fully saturated rings. The van der Waals surface area contributed by atoms with Crippen molar-refractivity contribution in [3.63, 3.8) is 0 Å².